The van der Waals surface area contributed by atoms with Crippen LogP contribution in [0, 0.1) is 13.8 Å². The van der Waals surface area contributed by atoms with Crippen LogP contribution in [0.5, 0.6) is 0 Å². The van der Waals surface area contributed by atoms with E-state index in [-0.39, 0.29) is 5.91 Å². The molecule has 6 nitrogen and oxygen atoms in total. The van der Waals surface area contributed by atoms with E-state index in [4.69, 9.17) is 5.10 Å². The number of benzene rings is 1. The van der Waals surface area contributed by atoms with Crippen LogP contribution in [0.3, 0.4) is 0 Å². The first-order valence-corrected chi connectivity index (χ1v) is 8.95. The molecule has 0 unspecified atom stereocenters. The van der Waals surface area contributed by atoms with Gasteiger partial charge in [-0.3, -0.25) is 4.79 Å². The zero-order chi connectivity index (χ0) is 18.3. The number of carbonyl (C=O) groups is 1. The van der Waals surface area contributed by atoms with E-state index in [1.165, 1.54) is 11.1 Å². The number of piperazine rings is 1. The van der Waals surface area contributed by atoms with Crippen LogP contribution in [0.4, 0.5) is 5.82 Å². The van der Waals surface area contributed by atoms with Crippen LogP contribution in [0.25, 0.3) is 16.8 Å². The lowest BCUT2D eigenvalue weighted by molar-refractivity contribution is -0.129. The predicted molar refractivity (Wildman–Crippen MR) is 102 cm³/mol. The summed E-state index contributed by atoms with van der Waals surface area (Å²) in [6.45, 7) is 8.89. The highest BCUT2D eigenvalue weighted by Crippen LogP contribution is 2.28. The van der Waals surface area contributed by atoms with E-state index in [1.54, 1.807) is 13.1 Å². The van der Waals surface area contributed by atoms with Crippen molar-refractivity contribution in [3.05, 3.63) is 47.8 Å². The maximum absolute atomic E-state index is 11.5. The quantitative estimate of drug-likeness (QED) is 0.714. The molecule has 3 heterocycles. The summed E-state index contributed by atoms with van der Waals surface area (Å²) in [7, 11) is 0. The van der Waals surface area contributed by atoms with Crippen molar-refractivity contribution in [2.45, 2.75) is 20.8 Å². The van der Waals surface area contributed by atoms with Crippen molar-refractivity contribution in [2.75, 3.05) is 31.1 Å². The number of aromatic nitrogens is 3. The normalized spacial score (nSPS) is 14.9. The van der Waals surface area contributed by atoms with Crippen molar-refractivity contribution in [3.8, 4) is 11.3 Å². The minimum absolute atomic E-state index is 0.136. The summed E-state index contributed by atoms with van der Waals surface area (Å²) in [5.74, 6) is 1.07. The van der Waals surface area contributed by atoms with E-state index in [1.807, 2.05) is 15.6 Å². The van der Waals surface area contributed by atoms with E-state index >= 15 is 0 Å². The first-order chi connectivity index (χ1) is 12.5. The number of hydrogen-bond donors (Lipinski definition) is 0. The van der Waals surface area contributed by atoms with Crippen molar-refractivity contribution < 1.29 is 4.79 Å². The van der Waals surface area contributed by atoms with Gasteiger partial charge in [0.05, 0.1) is 5.69 Å². The molecule has 1 fully saturated rings. The Morgan fingerprint density at radius 2 is 1.85 bits per heavy atom. The second-order valence-corrected chi connectivity index (χ2v) is 6.92. The lowest BCUT2D eigenvalue weighted by Crippen LogP contribution is -2.48. The molecule has 0 atom stereocenters. The summed E-state index contributed by atoms with van der Waals surface area (Å²) < 4.78 is 1.90. The van der Waals surface area contributed by atoms with Gasteiger partial charge in [-0.1, -0.05) is 23.8 Å². The number of carbonyl (C=O) groups excluding carboxylic acids is 1. The van der Waals surface area contributed by atoms with E-state index in [9.17, 15) is 4.79 Å². The van der Waals surface area contributed by atoms with Crippen LogP contribution >= 0.6 is 0 Å². The van der Waals surface area contributed by atoms with Crippen LogP contribution in [-0.4, -0.2) is 51.6 Å². The summed E-state index contributed by atoms with van der Waals surface area (Å²) in [4.78, 5) is 20.3. The fraction of sp³-hybridized carbons (Fsp3) is 0.350. The van der Waals surface area contributed by atoms with Gasteiger partial charge in [-0.05, 0) is 25.5 Å². The minimum Gasteiger partial charge on any atom is -0.351 e. The molecule has 134 valence electrons. The number of amides is 1. The maximum Gasteiger partial charge on any atom is 0.219 e. The Kier molecular flexibility index (Phi) is 4.11. The van der Waals surface area contributed by atoms with Gasteiger partial charge in [0.25, 0.3) is 0 Å². The molecule has 1 aliphatic rings. The number of aryl methyl sites for hydroxylation is 2. The molecule has 0 saturated carbocycles. The molecule has 4 rings (SSSR count). The highest BCUT2D eigenvalue weighted by Gasteiger charge is 2.22. The van der Waals surface area contributed by atoms with Crippen molar-refractivity contribution in [1.82, 2.24) is 19.5 Å². The third kappa shape index (κ3) is 2.92. The van der Waals surface area contributed by atoms with Crippen molar-refractivity contribution in [1.29, 1.82) is 0 Å². The molecule has 26 heavy (non-hydrogen) atoms. The number of fused-ring (bicyclic) bond motifs is 1. The van der Waals surface area contributed by atoms with E-state index in [2.05, 4.69) is 48.0 Å². The highest BCUT2D eigenvalue weighted by atomic mass is 16.2. The lowest BCUT2D eigenvalue weighted by atomic mass is 10.0. The Morgan fingerprint density at radius 1 is 1.08 bits per heavy atom. The summed E-state index contributed by atoms with van der Waals surface area (Å²) in [5, 5.41) is 4.76. The smallest absolute Gasteiger partial charge is 0.219 e. The monoisotopic (exact) mass is 349 g/mol. The van der Waals surface area contributed by atoms with Gasteiger partial charge in [0, 0.05) is 51.1 Å². The molecule has 0 aliphatic carbocycles. The molecule has 0 radical (unpaired) electrons. The van der Waals surface area contributed by atoms with Gasteiger partial charge >= 0.3 is 0 Å². The molecular formula is C20H23N5O. The Bertz CT molecular complexity index is 969. The van der Waals surface area contributed by atoms with Gasteiger partial charge in [-0.25, -0.2) is 9.50 Å². The maximum atomic E-state index is 11.5. The third-order valence-electron chi connectivity index (χ3n) is 5.05. The molecule has 0 bridgehead atoms. The van der Waals surface area contributed by atoms with Gasteiger partial charge < -0.3 is 9.80 Å². The SMILES string of the molecule is CC(=O)N1CCN(c2nccn3nc(-c4ccc(C)cc4C)cc23)CC1. The number of hydrogen-bond acceptors (Lipinski definition) is 4. The Labute approximate surface area is 153 Å². The van der Waals surface area contributed by atoms with Crippen molar-refractivity contribution in [2.24, 2.45) is 0 Å². The molecule has 6 heteroatoms. The summed E-state index contributed by atoms with van der Waals surface area (Å²) >= 11 is 0. The fourth-order valence-corrected chi connectivity index (χ4v) is 3.62. The Balaban J connectivity index is 1.69. The topological polar surface area (TPSA) is 53.7 Å². The number of anilines is 1. The van der Waals surface area contributed by atoms with Gasteiger partial charge in [-0.2, -0.15) is 5.10 Å². The van der Waals surface area contributed by atoms with Crippen LogP contribution in [0.1, 0.15) is 18.1 Å². The van der Waals surface area contributed by atoms with Gasteiger partial charge in [0.1, 0.15) is 5.52 Å². The molecule has 1 saturated heterocycles. The summed E-state index contributed by atoms with van der Waals surface area (Å²) in [5.41, 5.74) is 5.57. The number of rotatable bonds is 2. The van der Waals surface area contributed by atoms with Crippen LogP contribution < -0.4 is 4.90 Å². The van der Waals surface area contributed by atoms with Gasteiger partial charge in [-0.15, -0.1) is 0 Å². The van der Waals surface area contributed by atoms with Crippen LogP contribution in [-0.2, 0) is 4.79 Å². The fourth-order valence-electron chi connectivity index (χ4n) is 3.62. The zero-order valence-corrected chi connectivity index (χ0v) is 15.4. The summed E-state index contributed by atoms with van der Waals surface area (Å²) in [6.07, 6.45) is 3.68. The molecule has 2 aromatic heterocycles. The van der Waals surface area contributed by atoms with Gasteiger partial charge in [0.15, 0.2) is 5.82 Å². The molecule has 0 spiro atoms. The highest BCUT2D eigenvalue weighted by molar-refractivity contribution is 5.77. The molecule has 1 aliphatic heterocycles. The summed E-state index contributed by atoms with van der Waals surface area (Å²) in [6, 6.07) is 8.54. The van der Waals surface area contributed by atoms with Gasteiger partial charge in [0.2, 0.25) is 5.91 Å². The van der Waals surface area contributed by atoms with E-state index in [0.29, 0.717) is 0 Å². The Hall–Kier alpha value is -2.89. The van der Waals surface area contributed by atoms with E-state index < -0.39 is 0 Å². The van der Waals surface area contributed by atoms with Crippen LogP contribution in [0.2, 0.25) is 0 Å². The molecule has 3 aromatic rings. The molecule has 1 amide bonds. The lowest BCUT2D eigenvalue weighted by Gasteiger charge is -2.35. The first-order valence-electron chi connectivity index (χ1n) is 8.95. The standard InChI is InChI=1S/C20H23N5O/c1-14-4-5-17(15(2)12-14)18-13-19-20(21-6-7-25(19)22-18)24-10-8-23(9-11-24)16(3)26/h4-7,12-13H,8-11H2,1-3H3. The molecule has 1 aromatic carbocycles. The first kappa shape index (κ1) is 16.6. The minimum atomic E-state index is 0.136. The largest absolute Gasteiger partial charge is 0.351 e. The second-order valence-electron chi connectivity index (χ2n) is 6.92. The molecular weight excluding hydrogens is 326 g/mol. The third-order valence-corrected chi connectivity index (χ3v) is 5.05. The average molecular weight is 349 g/mol. The average Bonchev–Trinajstić information content (AvgIpc) is 3.05. The number of nitrogens with zero attached hydrogens (tertiary/aromatic N) is 5. The second kappa shape index (κ2) is 6.44. The Morgan fingerprint density at radius 3 is 2.54 bits per heavy atom. The zero-order valence-electron chi connectivity index (χ0n) is 15.4. The van der Waals surface area contributed by atoms with Crippen molar-refractivity contribution in [3.63, 3.8) is 0 Å². The van der Waals surface area contributed by atoms with E-state index in [0.717, 1.165) is 48.8 Å². The van der Waals surface area contributed by atoms with Crippen molar-refractivity contribution >= 4 is 17.2 Å². The predicted octanol–water partition coefficient (Wildman–Crippen LogP) is 2.68. The van der Waals surface area contributed by atoms with Crippen LogP contribution in [0.15, 0.2) is 36.7 Å². The molecule has 0 N–H and O–H groups in total.